The van der Waals surface area contributed by atoms with Crippen LogP contribution in [0.4, 0.5) is 5.69 Å². The molecule has 0 bridgehead atoms. The van der Waals surface area contributed by atoms with E-state index in [2.05, 4.69) is 67.0 Å². The van der Waals surface area contributed by atoms with Crippen molar-refractivity contribution < 1.29 is 4.79 Å². The number of carbonyl (C=O) groups excluding carboxylic acids is 1. The maximum Gasteiger partial charge on any atom is 0.188 e. The van der Waals surface area contributed by atoms with Crippen molar-refractivity contribution in [3.05, 3.63) is 77.9 Å². The molecule has 1 fully saturated rings. The first kappa shape index (κ1) is 21.3. The summed E-state index contributed by atoms with van der Waals surface area (Å²) < 4.78 is 0. The lowest BCUT2D eigenvalue weighted by Crippen LogP contribution is -2.46. The smallest absolute Gasteiger partial charge is 0.188 e. The summed E-state index contributed by atoms with van der Waals surface area (Å²) in [5.41, 5.74) is 3.24. The van der Waals surface area contributed by atoms with Gasteiger partial charge in [-0.05, 0) is 36.0 Å². The van der Waals surface area contributed by atoms with E-state index in [0.29, 0.717) is 0 Å². The van der Waals surface area contributed by atoms with E-state index in [9.17, 15) is 4.79 Å². The average Bonchev–Trinajstić information content (AvgIpc) is 2.74. The van der Waals surface area contributed by atoms with Crippen molar-refractivity contribution in [2.45, 2.75) is 33.6 Å². The second kappa shape index (κ2) is 9.89. The van der Waals surface area contributed by atoms with Crippen LogP contribution in [-0.2, 0) is 0 Å². The van der Waals surface area contributed by atoms with Gasteiger partial charge in [0, 0.05) is 44.0 Å². The van der Waals surface area contributed by atoms with Crippen LogP contribution in [0.5, 0.6) is 0 Å². The Morgan fingerprint density at radius 1 is 0.897 bits per heavy atom. The molecule has 0 saturated carbocycles. The number of benzene rings is 2. The number of piperazine rings is 1. The summed E-state index contributed by atoms with van der Waals surface area (Å²) in [7, 11) is 0. The molecule has 0 atom stereocenters. The lowest BCUT2D eigenvalue weighted by atomic mass is 9.89. The maximum absolute atomic E-state index is 13.1. The van der Waals surface area contributed by atoms with Gasteiger partial charge >= 0.3 is 0 Å². The van der Waals surface area contributed by atoms with Crippen LogP contribution in [0.2, 0.25) is 0 Å². The van der Waals surface area contributed by atoms with Crippen LogP contribution in [0.3, 0.4) is 0 Å². The first-order chi connectivity index (χ1) is 13.9. The van der Waals surface area contributed by atoms with Crippen LogP contribution in [0, 0.1) is 5.41 Å². The third-order valence-corrected chi connectivity index (χ3v) is 5.48. The molecule has 0 amide bonds. The molecule has 1 aliphatic heterocycles. The topological polar surface area (TPSA) is 23.6 Å². The highest BCUT2D eigenvalue weighted by molar-refractivity contribution is 6.08. The number of anilines is 1. The average molecular weight is 391 g/mol. The van der Waals surface area contributed by atoms with Gasteiger partial charge in [-0.1, -0.05) is 75.4 Å². The van der Waals surface area contributed by atoms with Gasteiger partial charge in [-0.2, -0.15) is 0 Å². The van der Waals surface area contributed by atoms with Crippen molar-refractivity contribution in [2.24, 2.45) is 5.41 Å². The number of carbonyl (C=O) groups is 1. The molecule has 29 heavy (non-hydrogen) atoms. The monoisotopic (exact) mass is 390 g/mol. The highest BCUT2D eigenvalue weighted by Gasteiger charge is 2.19. The highest BCUT2D eigenvalue weighted by Crippen LogP contribution is 2.23. The molecule has 2 aromatic carbocycles. The van der Waals surface area contributed by atoms with Crippen LogP contribution < -0.4 is 4.90 Å². The summed E-state index contributed by atoms with van der Waals surface area (Å²) in [6, 6.07) is 20.3. The quantitative estimate of drug-likeness (QED) is 0.464. The van der Waals surface area contributed by atoms with Crippen LogP contribution in [0.25, 0.3) is 0 Å². The Morgan fingerprint density at radius 3 is 2.07 bits per heavy atom. The summed E-state index contributed by atoms with van der Waals surface area (Å²) in [4.78, 5) is 18.0. The molecule has 1 aliphatic rings. The number of hydrogen-bond donors (Lipinski definition) is 0. The van der Waals surface area contributed by atoms with Gasteiger partial charge in [-0.3, -0.25) is 9.69 Å². The standard InChI is InChI=1S/C26H34N2O/c1-26(2,3)16-14-23(25(29)22-10-6-4-7-11-22)15-17-27-18-20-28(21-19-27)24-12-8-5-9-13-24/h4-14H,15-21H2,1-3H3/b23-14-. The predicted octanol–water partition coefficient (Wildman–Crippen LogP) is 5.44. The van der Waals surface area contributed by atoms with Crippen molar-refractivity contribution in [1.29, 1.82) is 0 Å². The van der Waals surface area contributed by atoms with Crippen LogP contribution >= 0.6 is 0 Å². The lowest BCUT2D eigenvalue weighted by molar-refractivity contribution is 0.102. The molecule has 0 aromatic heterocycles. The van der Waals surface area contributed by atoms with E-state index >= 15 is 0 Å². The maximum atomic E-state index is 13.1. The Labute approximate surface area is 176 Å². The molecule has 2 aromatic rings. The van der Waals surface area contributed by atoms with Crippen LogP contribution in [-0.4, -0.2) is 43.4 Å². The molecular weight excluding hydrogens is 356 g/mol. The Kier molecular flexibility index (Phi) is 7.27. The van der Waals surface area contributed by atoms with Gasteiger partial charge < -0.3 is 4.90 Å². The normalized spacial score (nSPS) is 16.1. The van der Waals surface area contributed by atoms with E-state index < -0.39 is 0 Å². The number of allylic oxidation sites excluding steroid dienone is 1. The highest BCUT2D eigenvalue weighted by atomic mass is 16.1. The van der Waals surface area contributed by atoms with Gasteiger partial charge in [-0.25, -0.2) is 0 Å². The number of para-hydroxylation sites is 1. The van der Waals surface area contributed by atoms with E-state index in [4.69, 9.17) is 0 Å². The zero-order valence-corrected chi connectivity index (χ0v) is 18.1. The number of ketones is 1. The molecule has 0 aliphatic carbocycles. The van der Waals surface area contributed by atoms with Crippen molar-refractivity contribution in [3.8, 4) is 0 Å². The molecule has 3 rings (SSSR count). The number of rotatable bonds is 7. The molecular formula is C26H34N2O. The minimum Gasteiger partial charge on any atom is -0.369 e. The van der Waals surface area contributed by atoms with E-state index in [1.54, 1.807) is 0 Å². The van der Waals surface area contributed by atoms with Gasteiger partial charge in [-0.15, -0.1) is 0 Å². The Bertz CT molecular complexity index is 798. The van der Waals surface area contributed by atoms with Crippen molar-refractivity contribution >= 4 is 11.5 Å². The van der Waals surface area contributed by atoms with Gasteiger partial charge in [0.25, 0.3) is 0 Å². The lowest BCUT2D eigenvalue weighted by Gasteiger charge is -2.36. The second-order valence-corrected chi connectivity index (χ2v) is 9.10. The third kappa shape index (κ3) is 6.57. The zero-order valence-electron chi connectivity index (χ0n) is 18.1. The van der Waals surface area contributed by atoms with Gasteiger partial charge in [0.15, 0.2) is 5.78 Å². The summed E-state index contributed by atoms with van der Waals surface area (Å²) in [5.74, 6) is 0.178. The van der Waals surface area contributed by atoms with E-state index in [1.807, 2.05) is 30.3 Å². The largest absolute Gasteiger partial charge is 0.369 e. The molecule has 0 radical (unpaired) electrons. The SMILES string of the molecule is CC(C)(C)C/C=C(/CCN1CCN(c2ccccc2)CC1)C(=O)c1ccccc1. The van der Waals surface area contributed by atoms with E-state index in [1.165, 1.54) is 5.69 Å². The fraction of sp³-hybridized carbons (Fsp3) is 0.423. The van der Waals surface area contributed by atoms with Gasteiger partial charge in [0.2, 0.25) is 0 Å². The molecule has 3 nitrogen and oxygen atoms in total. The van der Waals surface area contributed by atoms with Crippen molar-refractivity contribution in [2.75, 3.05) is 37.6 Å². The zero-order chi connectivity index (χ0) is 20.7. The second-order valence-electron chi connectivity index (χ2n) is 9.10. The third-order valence-electron chi connectivity index (χ3n) is 5.48. The Morgan fingerprint density at radius 2 is 1.48 bits per heavy atom. The Balaban J connectivity index is 1.59. The predicted molar refractivity (Wildman–Crippen MR) is 123 cm³/mol. The molecule has 1 saturated heterocycles. The molecule has 0 spiro atoms. The summed E-state index contributed by atoms with van der Waals surface area (Å²) in [5, 5.41) is 0. The minimum atomic E-state index is 0.178. The van der Waals surface area contributed by atoms with Gasteiger partial charge in [0.1, 0.15) is 0 Å². The number of nitrogens with zero attached hydrogens (tertiary/aromatic N) is 2. The van der Waals surface area contributed by atoms with E-state index in [-0.39, 0.29) is 11.2 Å². The van der Waals surface area contributed by atoms with Crippen LogP contribution in [0.1, 0.15) is 44.0 Å². The molecule has 0 unspecified atom stereocenters. The van der Waals surface area contributed by atoms with Crippen LogP contribution in [0.15, 0.2) is 72.3 Å². The first-order valence-corrected chi connectivity index (χ1v) is 10.7. The minimum absolute atomic E-state index is 0.178. The summed E-state index contributed by atoms with van der Waals surface area (Å²) in [6.07, 6.45) is 3.91. The number of Topliss-reactive ketones (excluding diaryl/α,β-unsaturated/α-hetero) is 1. The fourth-order valence-corrected chi connectivity index (χ4v) is 3.66. The molecule has 3 heteroatoms. The fourth-order valence-electron chi connectivity index (χ4n) is 3.66. The van der Waals surface area contributed by atoms with E-state index in [0.717, 1.165) is 56.7 Å². The van der Waals surface area contributed by atoms with Crippen molar-refractivity contribution in [1.82, 2.24) is 4.90 Å². The number of hydrogen-bond acceptors (Lipinski definition) is 3. The summed E-state index contributed by atoms with van der Waals surface area (Å²) in [6.45, 7) is 11.8. The Hall–Kier alpha value is -2.39. The molecule has 0 N–H and O–H groups in total. The molecule has 154 valence electrons. The summed E-state index contributed by atoms with van der Waals surface area (Å²) >= 11 is 0. The first-order valence-electron chi connectivity index (χ1n) is 10.7. The van der Waals surface area contributed by atoms with Crippen molar-refractivity contribution in [3.63, 3.8) is 0 Å². The molecule has 1 heterocycles. The van der Waals surface area contributed by atoms with Gasteiger partial charge in [0.05, 0.1) is 0 Å².